The number of carboxylic acid groups (broad SMARTS) is 1. The van der Waals surface area contributed by atoms with Crippen LogP contribution in [0, 0.1) is 6.92 Å². The van der Waals surface area contributed by atoms with Gasteiger partial charge in [-0.1, -0.05) is 0 Å². The van der Waals surface area contributed by atoms with Crippen LogP contribution >= 0.6 is 0 Å². The highest BCUT2D eigenvalue weighted by Gasteiger charge is 2.23. The summed E-state index contributed by atoms with van der Waals surface area (Å²) in [5, 5.41) is 16.4. The second-order valence-corrected chi connectivity index (χ2v) is 4.37. The van der Waals surface area contributed by atoms with Crippen molar-refractivity contribution in [2.24, 2.45) is 0 Å². The van der Waals surface area contributed by atoms with E-state index in [1.807, 2.05) is 6.92 Å². The fourth-order valence-corrected chi connectivity index (χ4v) is 1.68. The van der Waals surface area contributed by atoms with E-state index < -0.39 is 12.0 Å². The van der Waals surface area contributed by atoms with Gasteiger partial charge in [-0.25, -0.2) is 9.78 Å². The highest BCUT2D eigenvalue weighted by Crippen LogP contribution is 2.16. The molecule has 7 heteroatoms. The van der Waals surface area contributed by atoms with E-state index in [9.17, 15) is 9.59 Å². The van der Waals surface area contributed by atoms with Gasteiger partial charge in [0.2, 0.25) is 0 Å². The molecule has 0 aliphatic heterocycles. The van der Waals surface area contributed by atoms with E-state index in [1.54, 1.807) is 6.07 Å². The zero-order valence-electron chi connectivity index (χ0n) is 10.8. The van der Waals surface area contributed by atoms with Crippen LogP contribution in [0.4, 0.5) is 0 Å². The highest BCUT2D eigenvalue weighted by atomic mass is 16.4. The summed E-state index contributed by atoms with van der Waals surface area (Å²) < 4.78 is 0. The van der Waals surface area contributed by atoms with Crippen molar-refractivity contribution in [2.45, 2.75) is 19.9 Å². The molecule has 0 aromatic carbocycles. The van der Waals surface area contributed by atoms with Crippen molar-refractivity contribution in [1.82, 2.24) is 20.1 Å². The lowest BCUT2D eigenvalue weighted by atomic mass is 10.1. The maximum Gasteiger partial charge on any atom is 0.326 e. The molecule has 0 fully saturated rings. The smallest absolute Gasteiger partial charge is 0.326 e. The third-order valence-electron chi connectivity index (χ3n) is 3.11. The average molecular weight is 262 g/mol. The van der Waals surface area contributed by atoms with Crippen LogP contribution in [-0.4, -0.2) is 50.2 Å². The molecule has 2 rings (SSSR count). The van der Waals surface area contributed by atoms with Gasteiger partial charge in [-0.05, 0) is 19.9 Å². The number of H-pyrrole nitrogens is 1. The summed E-state index contributed by atoms with van der Waals surface area (Å²) in [4.78, 5) is 28.3. The number of aromatic nitrogens is 3. The number of pyridine rings is 1. The summed E-state index contributed by atoms with van der Waals surface area (Å²) in [7, 11) is 1.45. The molecule has 2 N–H and O–H groups in total. The highest BCUT2D eigenvalue weighted by molar-refractivity contribution is 5.98. The van der Waals surface area contributed by atoms with Crippen molar-refractivity contribution in [3.8, 4) is 0 Å². The molecule has 19 heavy (non-hydrogen) atoms. The van der Waals surface area contributed by atoms with E-state index in [0.29, 0.717) is 11.2 Å². The zero-order chi connectivity index (χ0) is 14.2. The molecular weight excluding hydrogens is 248 g/mol. The number of likely N-dealkylation sites (N-methyl/N-ethyl adjacent to an activating group) is 1. The lowest BCUT2D eigenvalue weighted by Gasteiger charge is -2.21. The Kier molecular flexibility index (Phi) is 3.20. The zero-order valence-corrected chi connectivity index (χ0v) is 10.8. The van der Waals surface area contributed by atoms with E-state index in [-0.39, 0.29) is 5.91 Å². The van der Waals surface area contributed by atoms with Crippen LogP contribution in [0.15, 0.2) is 12.3 Å². The summed E-state index contributed by atoms with van der Waals surface area (Å²) in [6, 6.07) is 0.767. The molecule has 0 saturated carbocycles. The summed E-state index contributed by atoms with van der Waals surface area (Å²) in [5.41, 5.74) is 1.68. The molecular formula is C12H14N4O3. The van der Waals surface area contributed by atoms with Gasteiger partial charge in [0.15, 0.2) is 5.65 Å². The molecule has 2 aromatic heterocycles. The van der Waals surface area contributed by atoms with Crippen LogP contribution in [-0.2, 0) is 4.79 Å². The third kappa shape index (κ3) is 2.26. The second kappa shape index (κ2) is 4.68. The van der Waals surface area contributed by atoms with Gasteiger partial charge in [0, 0.05) is 24.3 Å². The fourth-order valence-electron chi connectivity index (χ4n) is 1.68. The van der Waals surface area contributed by atoms with E-state index in [2.05, 4.69) is 15.2 Å². The Morgan fingerprint density at radius 1 is 1.47 bits per heavy atom. The number of rotatable bonds is 3. The molecule has 1 atom stereocenters. The Hall–Kier alpha value is -2.44. The van der Waals surface area contributed by atoms with Crippen molar-refractivity contribution in [1.29, 1.82) is 0 Å². The molecule has 1 unspecified atom stereocenters. The normalized spacial score (nSPS) is 12.4. The minimum Gasteiger partial charge on any atom is -0.480 e. The Balaban J connectivity index is 2.35. The molecule has 0 aliphatic carbocycles. The molecule has 0 aliphatic rings. The number of amides is 1. The first kappa shape index (κ1) is 13.0. The monoisotopic (exact) mass is 262 g/mol. The fraction of sp³-hybridized carbons (Fsp3) is 0.333. The summed E-state index contributed by atoms with van der Waals surface area (Å²) in [6.07, 6.45) is 1.40. The SMILES string of the molecule is Cc1[nH]nc2ncc(C(=O)N(C)C(C)C(=O)O)cc12. The van der Waals surface area contributed by atoms with Crippen LogP contribution in [0.5, 0.6) is 0 Å². The number of nitrogens with zero attached hydrogens (tertiary/aromatic N) is 3. The Bertz CT molecular complexity index is 649. The standard InChI is InChI=1S/C12H14N4O3/c1-6-9-4-8(5-13-10(9)15-14-6)11(17)16(3)7(2)12(18)19/h4-5,7H,1-3H3,(H,18,19)(H,13,14,15). The number of fused-ring (bicyclic) bond motifs is 1. The van der Waals surface area contributed by atoms with Crippen LogP contribution < -0.4 is 0 Å². The van der Waals surface area contributed by atoms with Crippen molar-refractivity contribution in [3.05, 3.63) is 23.5 Å². The molecule has 0 spiro atoms. The quantitative estimate of drug-likeness (QED) is 0.852. The van der Waals surface area contributed by atoms with E-state index in [4.69, 9.17) is 5.11 Å². The maximum atomic E-state index is 12.2. The number of aryl methyl sites for hydroxylation is 1. The summed E-state index contributed by atoms with van der Waals surface area (Å²) in [6.45, 7) is 3.28. The molecule has 1 amide bonds. The molecule has 100 valence electrons. The van der Waals surface area contributed by atoms with Gasteiger partial charge in [-0.15, -0.1) is 0 Å². The van der Waals surface area contributed by atoms with Gasteiger partial charge in [0.25, 0.3) is 5.91 Å². The van der Waals surface area contributed by atoms with Crippen LogP contribution in [0.2, 0.25) is 0 Å². The molecule has 7 nitrogen and oxygen atoms in total. The van der Waals surface area contributed by atoms with E-state index in [1.165, 1.54) is 25.1 Å². The number of carboxylic acids is 1. The summed E-state index contributed by atoms with van der Waals surface area (Å²) in [5.74, 6) is -1.44. The lowest BCUT2D eigenvalue weighted by Crippen LogP contribution is -2.40. The number of carbonyl (C=O) groups is 2. The van der Waals surface area contributed by atoms with Gasteiger partial charge >= 0.3 is 5.97 Å². The van der Waals surface area contributed by atoms with Gasteiger partial charge in [-0.3, -0.25) is 9.89 Å². The van der Waals surface area contributed by atoms with Crippen molar-refractivity contribution in [3.63, 3.8) is 0 Å². The molecule has 0 saturated heterocycles. The summed E-state index contributed by atoms with van der Waals surface area (Å²) >= 11 is 0. The van der Waals surface area contributed by atoms with Crippen molar-refractivity contribution < 1.29 is 14.7 Å². The van der Waals surface area contributed by atoms with Crippen LogP contribution in [0.25, 0.3) is 11.0 Å². The van der Waals surface area contributed by atoms with Gasteiger partial charge in [0.05, 0.1) is 5.56 Å². The largest absolute Gasteiger partial charge is 0.480 e. The first-order valence-electron chi connectivity index (χ1n) is 5.72. The lowest BCUT2D eigenvalue weighted by molar-refractivity contribution is -0.141. The number of nitrogens with one attached hydrogen (secondary N) is 1. The number of aromatic amines is 1. The predicted molar refractivity (Wildman–Crippen MR) is 67.8 cm³/mol. The number of hydrogen-bond donors (Lipinski definition) is 2. The number of hydrogen-bond acceptors (Lipinski definition) is 4. The van der Waals surface area contributed by atoms with Crippen molar-refractivity contribution >= 4 is 22.9 Å². The average Bonchev–Trinajstić information content (AvgIpc) is 2.77. The van der Waals surface area contributed by atoms with Gasteiger partial charge < -0.3 is 10.0 Å². The maximum absolute atomic E-state index is 12.2. The van der Waals surface area contributed by atoms with Crippen LogP contribution in [0.1, 0.15) is 23.0 Å². The van der Waals surface area contributed by atoms with Crippen molar-refractivity contribution in [2.75, 3.05) is 7.05 Å². The Morgan fingerprint density at radius 3 is 2.79 bits per heavy atom. The second-order valence-electron chi connectivity index (χ2n) is 4.37. The topological polar surface area (TPSA) is 99.2 Å². The molecule has 2 heterocycles. The molecule has 0 radical (unpaired) electrons. The Morgan fingerprint density at radius 2 is 2.16 bits per heavy atom. The minimum atomic E-state index is -1.05. The third-order valence-corrected chi connectivity index (χ3v) is 3.11. The first-order chi connectivity index (χ1) is 8.91. The molecule has 2 aromatic rings. The Labute approximate surface area is 109 Å². The van der Waals surface area contributed by atoms with Gasteiger partial charge in [-0.2, -0.15) is 5.10 Å². The van der Waals surface area contributed by atoms with E-state index in [0.717, 1.165) is 11.1 Å². The van der Waals surface area contributed by atoms with Gasteiger partial charge in [0.1, 0.15) is 6.04 Å². The van der Waals surface area contributed by atoms with E-state index >= 15 is 0 Å². The minimum absolute atomic E-state index is 0.340. The van der Waals surface area contributed by atoms with Crippen LogP contribution in [0.3, 0.4) is 0 Å². The molecule has 0 bridgehead atoms. The number of aliphatic carboxylic acids is 1. The number of carbonyl (C=O) groups excluding carboxylic acids is 1. The predicted octanol–water partition coefficient (Wildman–Crippen LogP) is 0.811. The first-order valence-corrected chi connectivity index (χ1v) is 5.72.